The van der Waals surface area contributed by atoms with Crippen molar-refractivity contribution in [3.8, 4) is 0 Å². The summed E-state index contributed by atoms with van der Waals surface area (Å²) in [4.78, 5) is 50.0. The molecular weight excluding hydrogens is 476 g/mol. The fourth-order valence-electron chi connectivity index (χ4n) is 4.16. The van der Waals surface area contributed by atoms with Crippen LogP contribution in [0.3, 0.4) is 0 Å². The van der Waals surface area contributed by atoms with Crippen molar-refractivity contribution in [1.29, 1.82) is 0 Å². The van der Waals surface area contributed by atoms with Gasteiger partial charge in [-0.15, -0.1) is 0 Å². The van der Waals surface area contributed by atoms with E-state index in [1.165, 1.54) is 10.0 Å². The predicted octanol–water partition coefficient (Wildman–Crippen LogP) is 3.92. The maximum Gasteiger partial charge on any atom is 0.319 e. The number of anilines is 1. The van der Waals surface area contributed by atoms with Crippen LogP contribution in [0.1, 0.15) is 57.1 Å². The van der Waals surface area contributed by atoms with Crippen LogP contribution in [0.25, 0.3) is 0 Å². The first-order chi connectivity index (χ1) is 17.6. The van der Waals surface area contributed by atoms with Crippen LogP contribution in [0.5, 0.6) is 0 Å². The molecule has 9 nitrogen and oxygen atoms in total. The van der Waals surface area contributed by atoms with Gasteiger partial charge in [0.1, 0.15) is 6.54 Å². The number of carbonyl (C=O) groups excluding carboxylic acids is 3. The molecule has 0 bridgehead atoms. The van der Waals surface area contributed by atoms with E-state index in [1.807, 2.05) is 24.3 Å². The number of hydrazine groups is 1. The lowest BCUT2D eigenvalue weighted by atomic mass is 9.95. The number of rotatable bonds is 10. The van der Waals surface area contributed by atoms with E-state index in [9.17, 15) is 24.3 Å². The van der Waals surface area contributed by atoms with E-state index in [1.54, 1.807) is 51.1 Å². The van der Waals surface area contributed by atoms with Crippen LogP contribution in [0.4, 0.5) is 5.69 Å². The molecule has 1 aliphatic rings. The first-order valence-electron chi connectivity index (χ1n) is 12.3. The van der Waals surface area contributed by atoms with Crippen molar-refractivity contribution in [2.24, 2.45) is 5.41 Å². The van der Waals surface area contributed by atoms with Crippen LogP contribution >= 0.6 is 0 Å². The molecule has 9 heteroatoms. The van der Waals surface area contributed by atoms with Gasteiger partial charge in [-0.2, -0.15) is 0 Å². The van der Waals surface area contributed by atoms with Gasteiger partial charge in [-0.25, -0.2) is 10.0 Å². The summed E-state index contributed by atoms with van der Waals surface area (Å²) in [6.07, 6.45) is 1.84. The van der Waals surface area contributed by atoms with Gasteiger partial charge in [0, 0.05) is 13.0 Å². The molecule has 0 saturated carbocycles. The second-order valence-corrected chi connectivity index (χ2v) is 9.98. The zero-order valence-electron chi connectivity index (χ0n) is 21.5. The summed E-state index contributed by atoms with van der Waals surface area (Å²) in [5.74, 6) is -3.15. The third kappa shape index (κ3) is 7.63. The number of carbonyl (C=O) groups is 4. The Hall–Kier alpha value is -3.72. The minimum absolute atomic E-state index is 0.100. The number of fused-ring (bicyclic) bond motifs is 1. The van der Waals surface area contributed by atoms with Crippen LogP contribution in [0, 0.1) is 5.41 Å². The van der Waals surface area contributed by atoms with E-state index in [0.717, 1.165) is 5.56 Å². The molecule has 2 aromatic carbocycles. The standard InChI is InChI=1S/C28H34N2O7/c1-28(2,3)27(35)37-19-36-26(34)22(20-10-5-4-6-11-20)16-17-29(18-25(32)33)30-23-14-8-7-12-21(23)13-9-15-24(30)31/h4-8,10-12,14,22H,9,13,15-19H2,1-3H3,(H,32,33). The maximum atomic E-state index is 13.1. The van der Waals surface area contributed by atoms with Gasteiger partial charge >= 0.3 is 17.9 Å². The second kappa shape index (κ2) is 12.5. The lowest BCUT2D eigenvalue weighted by Crippen LogP contribution is -2.50. The minimum atomic E-state index is -1.09. The number of hydrogen-bond donors (Lipinski definition) is 1. The highest BCUT2D eigenvalue weighted by Gasteiger charge is 2.31. The van der Waals surface area contributed by atoms with E-state index >= 15 is 0 Å². The number of nitrogens with zero attached hydrogens (tertiary/aromatic N) is 2. The second-order valence-electron chi connectivity index (χ2n) is 9.98. The van der Waals surface area contributed by atoms with Crippen molar-refractivity contribution in [1.82, 2.24) is 5.01 Å². The highest BCUT2D eigenvalue weighted by atomic mass is 16.7. The van der Waals surface area contributed by atoms with E-state index < -0.39 is 42.6 Å². The summed E-state index contributed by atoms with van der Waals surface area (Å²) in [5.41, 5.74) is 1.55. The van der Waals surface area contributed by atoms with Crippen LogP contribution in [-0.4, -0.2) is 53.8 Å². The van der Waals surface area contributed by atoms with Crippen LogP contribution in [0.2, 0.25) is 0 Å². The Morgan fingerprint density at radius 1 is 1.00 bits per heavy atom. The van der Waals surface area contributed by atoms with Crippen molar-refractivity contribution < 1.29 is 33.8 Å². The third-order valence-electron chi connectivity index (χ3n) is 6.06. The van der Waals surface area contributed by atoms with Crippen molar-refractivity contribution >= 4 is 29.5 Å². The number of esters is 2. The number of carboxylic acids is 1. The van der Waals surface area contributed by atoms with E-state index in [2.05, 4.69) is 0 Å². The van der Waals surface area contributed by atoms with Crippen molar-refractivity contribution in [2.75, 3.05) is 24.9 Å². The van der Waals surface area contributed by atoms with Gasteiger partial charge in [0.25, 0.3) is 0 Å². The molecule has 3 rings (SSSR count). The molecule has 1 heterocycles. The highest BCUT2D eigenvalue weighted by molar-refractivity contribution is 5.94. The topological polar surface area (TPSA) is 113 Å². The number of amides is 1. The van der Waals surface area contributed by atoms with Crippen LogP contribution in [0.15, 0.2) is 54.6 Å². The van der Waals surface area contributed by atoms with Crippen molar-refractivity contribution in [3.63, 3.8) is 0 Å². The number of aliphatic carboxylic acids is 1. The maximum absolute atomic E-state index is 13.1. The molecule has 198 valence electrons. The molecule has 1 aliphatic heterocycles. The fraction of sp³-hybridized carbons (Fsp3) is 0.429. The molecular formula is C28H34N2O7. The number of para-hydroxylation sites is 1. The Morgan fingerprint density at radius 3 is 2.35 bits per heavy atom. The zero-order chi connectivity index (χ0) is 27.0. The Morgan fingerprint density at radius 2 is 1.68 bits per heavy atom. The molecule has 1 atom stereocenters. The van der Waals surface area contributed by atoms with E-state index in [0.29, 0.717) is 24.1 Å². The van der Waals surface area contributed by atoms with Crippen molar-refractivity contribution in [3.05, 3.63) is 65.7 Å². The Balaban J connectivity index is 1.81. The Bertz CT molecular complexity index is 1110. The molecule has 2 aromatic rings. The molecule has 0 aliphatic carbocycles. The van der Waals surface area contributed by atoms with E-state index in [4.69, 9.17) is 9.47 Å². The Kier molecular flexibility index (Phi) is 9.41. The molecule has 1 amide bonds. The highest BCUT2D eigenvalue weighted by Crippen LogP contribution is 2.30. The molecule has 0 radical (unpaired) electrons. The number of ether oxygens (including phenoxy) is 2. The molecule has 0 aromatic heterocycles. The summed E-state index contributed by atoms with van der Waals surface area (Å²) in [6.45, 7) is 4.26. The number of aryl methyl sites for hydroxylation is 1. The molecule has 0 fully saturated rings. The summed E-state index contributed by atoms with van der Waals surface area (Å²) < 4.78 is 10.4. The molecule has 0 saturated heterocycles. The monoisotopic (exact) mass is 510 g/mol. The third-order valence-corrected chi connectivity index (χ3v) is 6.06. The lowest BCUT2D eigenvalue weighted by molar-refractivity contribution is -0.174. The van der Waals surface area contributed by atoms with Crippen LogP contribution in [-0.2, 0) is 35.1 Å². The SMILES string of the molecule is CC(C)(C)C(=O)OCOC(=O)C(CCN(CC(=O)O)N1C(=O)CCCc2ccccc21)c1ccccc1. The summed E-state index contributed by atoms with van der Waals surface area (Å²) >= 11 is 0. The Labute approximate surface area is 216 Å². The van der Waals surface area contributed by atoms with Gasteiger partial charge in [0.15, 0.2) is 0 Å². The summed E-state index contributed by atoms with van der Waals surface area (Å²) in [6, 6.07) is 16.4. The summed E-state index contributed by atoms with van der Waals surface area (Å²) in [7, 11) is 0. The molecule has 1 N–H and O–H groups in total. The first-order valence-corrected chi connectivity index (χ1v) is 12.3. The zero-order valence-corrected chi connectivity index (χ0v) is 21.5. The molecule has 0 spiro atoms. The fourth-order valence-corrected chi connectivity index (χ4v) is 4.16. The first kappa shape index (κ1) is 27.9. The predicted molar refractivity (Wildman–Crippen MR) is 136 cm³/mol. The van der Waals surface area contributed by atoms with E-state index in [-0.39, 0.29) is 25.3 Å². The molecule has 37 heavy (non-hydrogen) atoms. The summed E-state index contributed by atoms with van der Waals surface area (Å²) in [5, 5.41) is 12.5. The van der Waals surface area contributed by atoms with Gasteiger partial charge in [-0.3, -0.25) is 19.2 Å². The minimum Gasteiger partial charge on any atom is -0.480 e. The quantitative estimate of drug-likeness (QED) is 0.378. The number of carboxylic acid groups (broad SMARTS) is 1. The van der Waals surface area contributed by atoms with Gasteiger partial charge in [0.2, 0.25) is 12.7 Å². The smallest absolute Gasteiger partial charge is 0.319 e. The molecule has 1 unspecified atom stereocenters. The average Bonchev–Trinajstić information content (AvgIpc) is 3.01. The van der Waals surface area contributed by atoms with Gasteiger partial charge in [0.05, 0.1) is 17.0 Å². The number of hydrogen-bond acceptors (Lipinski definition) is 7. The average molecular weight is 511 g/mol. The van der Waals surface area contributed by atoms with Gasteiger partial charge in [-0.05, 0) is 57.2 Å². The largest absolute Gasteiger partial charge is 0.480 e. The van der Waals surface area contributed by atoms with Gasteiger partial charge in [-0.1, -0.05) is 48.5 Å². The lowest BCUT2D eigenvalue weighted by Gasteiger charge is -2.34. The normalized spacial score (nSPS) is 14.5. The van der Waals surface area contributed by atoms with Crippen molar-refractivity contribution in [2.45, 2.75) is 52.4 Å². The van der Waals surface area contributed by atoms with Crippen LogP contribution < -0.4 is 5.01 Å². The van der Waals surface area contributed by atoms with Gasteiger partial charge < -0.3 is 14.6 Å². The number of benzene rings is 2.